The van der Waals surface area contributed by atoms with E-state index in [0.717, 1.165) is 30.3 Å². The first kappa shape index (κ1) is 22.2. The van der Waals surface area contributed by atoms with Gasteiger partial charge in [-0.1, -0.05) is 12.1 Å². The molecule has 31 heavy (non-hydrogen) atoms. The fraction of sp³-hybridized carbons (Fsp3) is 0.0500. The predicted molar refractivity (Wildman–Crippen MR) is 103 cm³/mol. The van der Waals surface area contributed by atoms with E-state index >= 15 is 0 Å². The number of rotatable bonds is 5. The predicted octanol–water partition coefficient (Wildman–Crippen LogP) is 5.04. The maximum Gasteiger partial charge on any atom is 0.416 e. The molecule has 0 spiro atoms. The van der Waals surface area contributed by atoms with Crippen LogP contribution in [0.3, 0.4) is 0 Å². The second kappa shape index (κ2) is 8.34. The number of amides is 1. The van der Waals surface area contributed by atoms with Crippen LogP contribution < -0.4 is 10.0 Å². The molecule has 1 amide bonds. The highest BCUT2D eigenvalue weighted by Gasteiger charge is 2.30. The maximum atomic E-state index is 14.4. The number of hydrogen-bond acceptors (Lipinski definition) is 3. The molecule has 0 aliphatic rings. The van der Waals surface area contributed by atoms with Crippen LogP contribution in [0.4, 0.5) is 33.3 Å². The fourth-order valence-corrected chi connectivity index (χ4v) is 3.61. The Balaban J connectivity index is 1.78. The summed E-state index contributed by atoms with van der Waals surface area (Å²) < 4.78 is 92.6. The Labute approximate surface area is 173 Å². The molecular weight excluding hydrogens is 443 g/mol. The van der Waals surface area contributed by atoms with Gasteiger partial charge in [0.1, 0.15) is 11.6 Å². The van der Waals surface area contributed by atoms with Gasteiger partial charge in [-0.2, -0.15) is 13.2 Å². The van der Waals surface area contributed by atoms with Crippen molar-refractivity contribution in [3.05, 3.63) is 89.5 Å². The summed E-state index contributed by atoms with van der Waals surface area (Å²) in [6.45, 7) is 0. The van der Waals surface area contributed by atoms with E-state index in [1.165, 1.54) is 18.2 Å². The first-order valence-corrected chi connectivity index (χ1v) is 10.0. The van der Waals surface area contributed by atoms with Crippen LogP contribution in [0.5, 0.6) is 0 Å². The molecule has 0 saturated heterocycles. The molecule has 162 valence electrons. The normalized spacial score (nSPS) is 11.8. The number of benzene rings is 3. The lowest BCUT2D eigenvalue weighted by Gasteiger charge is -2.12. The van der Waals surface area contributed by atoms with Gasteiger partial charge in [0.2, 0.25) is 0 Å². The smallest absolute Gasteiger partial charge is 0.319 e. The molecule has 0 aliphatic heterocycles. The van der Waals surface area contributed by atoms with Crippen molar-refractivity contribution in [2.24, 2.45) is 0 Å². The average Bonchev–Trinajstić information content (AvgIpc) is 2.69. The lowest BCUT2D eigenvalue weighted by Crippen LogP contribution is -2.16. The van der Waals surface area contributed by atoms with Gasteiger partial charge in [-0.3, -0.25) is 9.52 Å². The Morgan fingerprint density at radius 1 is 0.839 bits per heavy atom. The molecule has 3 rings (SSSR count). The lowest BCUT2D eigenvalue weighted by molar-refractivity contribution is -0.137. The maximum absolute atomic E-state index is 14.4. The molecule has 0 bridgehead atoms. The van der Waals surface area contributed by atoms with E-state index in [4.69, 9.17) is 0 Å². The van der Waals surface area contributed by atoms with Gasteiger partial charge >= 0.3 is 6.18 Å². The molecule has 11 heteroatoms. The van der Waals surface area contributed by atoms with Gasteiger partial charge in [0.05, 0.1) is 21.7 Å². The fourth-order valence-electron chi connectivity index (χ4n) is 2.54. The highest BCUT2D eigenvalue weighted by molar-refractivity contribution is 7.92. The Hall–Kier alpha value is -3.47. The number of hydrogen-bond donors (Lipinski definition) is 2. The number of carbonyl (C=O) groups excluding carboxylic acids is 1. The summed E-state index contributed by atoms with van der Waals surface area (Å²) in [6, 6.07) is 10.8. The Morgan fingerprint density at radius 2 is 1.48 bits per heavy atom. The van der Waals surface area contributed by atoms with Gasteiger partial charge in [-0.15, -0.1) is 0 Å². The molecule has 0 aliphatic carbocycles. The van der Waals surface area contributed by atoms with Crippen molar-refractivity contribution >= 4 is 27.3 Å². The lowest BCUT2D eigenvalue weighted by atomic mass is 10.2. The Kier molecular flexibility index (Phi) is 5.98. The quantitative estimate of drug-likeness (QED) is 0.529. The molecule has 3 aromatic carbocycles. The van der Waals surface area contributed by atoms with Crippen molar-refractivity contribution in [1.82, 2.24) is 0 Å². The number of sulfonamides is 1. The minimum Gasteiger partial charge on any atom is -0.319 e. The zero-order chi connectivity index (χ0) is 22.8. The molecule has 0 aromatic heterocycles. The van der Waals surface area contributed by atoms with Gasteiger partial charge in [0.25, 0.3) is 15.9 Å². The second-order valence-electron chi connectivity index (χ2n) is 6.26. The molecule has 0 atom stereocenters. The first-order chi connectivity index (χ1) is 14.5. The first-order valence-electron chi connectivity index (χ1n) is 8.53. The van der Waals surface area contributed by atoms with Crippen LogP contribution >= 0.6 is 0 Å². The van der Waals surface area contributed by atoms with Crippen LogP contribution in [0.2, 0.25) is 0 Å². The monoisotopic (exact) mass is 456 g/mol. The third kappa shape index (κ3) is 5.18. The van der Waals surface area contributed by atoms with E-state index in [9.17, 15) is 35.2 Å². The molecule has 0 heterocycles. The summed E-state index contributed by atoms with van der Waals surface area (Å²) in [5, 5.41) is 2.14. The largest absolute Gasteiger partial charge is 0.416 e. The highest BCUT2D eigenvalue weighted by Crippen LogP contribution is 2.30. The van der Waals surface area contributed by atoms with Crippen LogP contribution in [0.15, 0.2) is 71.6 Å². The number of carbonyl (C=O) groups is 1. The van der Waals surface area contributed by atoms with E-state index in [-0.39, 0.29) is 16.9 Å². The van der Waals surface area contributed by atoms with Crippen molar-refractivity contribution < 1.29 is 35.2 Å². The van der Waals surface area contributed by atoms with Crippen LogP contribution in [0, 0.1) is 11.6 Å². The molecule has 2 N–H and O–H groups in total. The number of halogens is 5. The van der Waals surface area contributed by atoms with E-state index in [0.29, 0.717) is 18.2 Å². The minimum atomic E-state index is -4.58. The van der Waals surface area contributed by atoms with Gasteiger partial charge in [0.15, 0.2) is 0 Å². The van der Waals surface area contributed by atoms with Crippen LogP contribution in [-0.4, -0.2) is 14.3 Å². The molecular formula is C20H13F5N2O3S. The van der Waals surface area contributed by atoms with Crippen LogP contribution in [0.1, 0.15) is 15.9 Å². The second-order valence-corrected chi connectivity index (χ2v) is 7.94. The summed E-state index contributed by atoms with van der Waals surface area (Å²) in [4.78, 5) is 11.5. The molecule has 3 aromatic rings. The number of nitrogens with one attached hydrogen (secondary N) is 2. The molecule has 0 saturated carbocycles. The Bertz CT molecular complexity index is 1230. The van der Waals surface area contributed by atoms with Crippen molar-refractivity contribution in [1.29, 1.82) is 0 Å². The van der Waals surface area contributed by atoms with Gasteiger partial charge in [-0.05, 0) is 54.6 Å². The van der Waals surface area contributed by atoms with Gasteiger partial charge < -0.3 is 5.32 Å². The molecule has 0 radical (unpaired) electrons. The van der Waals surface area contributed by atoms with E-state index < -0.39 is 44.2 Å². The average molecular weight is 456 g/mol. The summed E-state index contributed by atoms with van der Waals surface area (Å²) in [5.41, 5.74) is -1.84. The Morgan fingerprint density at radius 3 is 2.06 bits per heavy atom. The standard InChI is InChI=1S/C20H13F5N2O3S/c21-16-4-2-1-3-15(16)19(28)26-18-10-9-14(11-17(18)22)31(29,30)27-13-7-5-12(6-8-13)20(23,24)25/h1-11,27H,(H,26,28). The SMILES string of the molecule is O=C(Nc1ccc(S(=O)(=O)Nc2ccc(C(F)(F)F)cc2)cc1F)c1ccccc1F. The molecule has 5 nitrogen and oxygen atoms in total. The van der Waals surface area contributed by atoms with Crippen molar-refractivity contribution in [2.75, 3.05) is 10.0 Å². The minimum absolute atomic E-state index is 0.162. The third-order valence-corrected chi connectivity index (χ3v) is 5.46. The van der Waals surface area contributed by atoms with Crippen LogP contribution in [-0.2, 0) is 16.2 Å². The summed E-state index contributed by atoms with van der Waals surface area (Å²) in [7, 11) is -4.33. The van der Waals surface area contributed by atoms with E-state index in [1.807, 2.05) is 4.72 Å². The summed E-state index contributed by atoms with van der Waals surface area (Å²) in [6.07, 6.45) is -4.58. The van der Waals surface area contributed by atoms with Crippen molar-refractivity contribution in [3.8, 4) is 0 Å². The molecule has 0 unspecified atom stereocenters. The zero-order valence-corrected chi connectivity index (χ0v) is 16.2. The van der Waals surface area contributed by atoms with Gasteiger partial charge in [0, 0.05) is 5.69 Å². The topological polar surface area (TPSA) is 75.3 Å². The van der Waals surface area contributed by atoms with Crippen LogP contribution in [0.25, 0.3) is 0 Å². The summed E-state index contributed by atoms with van der Waals surface area (Å²) in [5.74, 6) is -2.86. The highest BCUT2D eigenvalue weighted by atomic mass is 32.2. The zero-order valence-electron chi connectivity index (χ0n) is 15.4. The third-order valence-electron chi connectivity index (χ3n) is 4.08. The molecule has 0 fully saturated rings. The van der Waals surface area contributed by atoms with Crippen molar-refractivity contribution in [2.45, 2.75) is 11.1 Å². The summed E-state index contributed by atoms with van der Waals surface area (Å²) >= 11 is 0. The number of alkyl halides is 3. The van der Waals surface area contributed by atoms with Crippen molar-refractivity contribution in [3.63, 3.8) is 0 Å². The van der Waals surface area contributed by atoms with Gasteiger partial charge in [-0.25, -0.2) is 17.2 Å². The van der Waals surface area contributed by atoms with E-state index in [2.05, 4.69) is 5.32 Å². The number of anilines is 2. The van der Waals surface area contributed by atoms with E-state index in [1.54, 1.807) is 0 Å².